The fraction of sp³-hybridized carbons (Fsp3) is 0.750. The van der Waals surface area contributed by atoms with E-state index in [1.54, 1.807) is 5.57 Å². The van der Waals surface area contributed by atoms with Crippen LogP contribution in [0.5, 0.6) is 0 Å². The second-order valence-corrected chi connectivity index (χ2v) is 11.1. The van der Waals surface area contributed by atoms with Gasteiger partial charge in [-0.3, -0.25) is 4.79 Å². The Morgan fingerprint density at radius 2 is 1.93 bits per heavy atom. The topological polar surface area (TPSA) is 17.1 Å². The van der Waals surface area contributed by atoms with Gasteiger partial charge in [0.25, 0.3) is 0 Å². The summed E-state index contributed by atoms with van der Waals surface area (Å²) in [5.41, 5.74) is 1.81. The van der Waals surface area contributed by atoms with Crippen LogP contribution >= 0.6 is 0 Å². The van der Waals surface area contributed by atoms with E-state index < -0.39 is 8.07 Å². The van der Waals surface area contributed by atoms with E-state index in [0.29, 0.717) is 5.78 Å². The van der Waals surface area contributed by atoms with Gasteiger partial charge in [-0.2, -0.15) is 0 Å². The predicted octanol–water partition coefficient (Wildman–Crippen LogP) is 3.32. The first kappa shape index (κ1) is 10.2. The minimum Gasteiger partial charge on any atom is -0.295 e. The molecule has 0 bridgehead atoms. The van der Waals surface area contributed by atoms with Crippen molar-refractivity contribution >= 4 is 13.9 Å². The third-order valence-electron chi connectivity index (χ3n) is 3.77. The molecule has 2 heteroatoms. The van der Waals surface area contributed by atoms with E-state index in [2.05, 4.69) is 26.6 Å². The second kappa shape index (κ2) is 2.81. The fourth-order valence-electron chi connectivity index (χ4n) is 3.21. The lowest BCUT2D eigenvalue weighted by atomic mass is 9.86. The van der Waals surface area contributed by atoms with Crippen LogP contribution in [0.2, 0.25) is 19.6 Å². The van der Waals surface area contributed by atoms with Gasteiger partial charge < -0.3 is 0 Å². The molecular formula is C12H20OSi. The van der Waals surface area contributed by atoms with Gasteiger partial charge in [-0.25, -0.2) is 0 Å². The van der Waals surface area contributed by atoms with Crippen LogP contribution in [0, 0.1) is 5.41 Å². The number of allylic oxidation sites excluding steroid dienone is 2. The summed E-state index contributed by atoms with van der Waals surface area (Å²) in [5, 5.41) is 1.29. The standard InChI is InChI=1S/C12H20OSi/c1-12-7-5-6-9(12)11(10(13)8-12)14(2,3)4/h5-8H2,1-4H3/t12-/m1/s1. The highest BCUT2D eigenvalue weighted by Crippen LogP contribution is 2.53. The predicted molar refractivity (Wildman–Crippen MR) is 62.0 cm³/mol. The van der Waals surface area contributed by atoms with E-state index in [9.17, 15) is 4.79 Å². The average molecular weight is 208 g/mol. The summed E-state index contributed by atoms with van der Waals surface area (Å²) in [6.07, 6.45) is 4.54. The second-order valence-electron chi connectivity index (χ2n) is 6.12. The summed E-state index contributed by atoms with van der Waals surface area (Å²) < 4.78 is 0. The minimum atomic E-state index is -1.39. The van der Waals surface area contributed by atoms with Crippen LogP contribution in [0.4, 0.5) is 0 Å². The number of Topliss-reactive ketones (excluding diaryl/α,β-unsaturated/α-hetero) is 1. The molecule has 0 N–H and O–H groups in total. The highest BCUT2D eigenvalue weighted by atomic mass is 28.3. The van der Waals surface area contributed by atoms with Crippen LogP contribution in [-0.2, 0) is 4.79 Å². The number of carbonyl (C=O) groups excluding carboxylic acids is 1. The van der Waals surface area contributed by atoms with E-state index in [1.165, 1.54) is 24.5 Å². The molecule has 0 aromatic heterocycles. The molecule has 78 valence electrons. The lowest BCUT2D eigenvalue weighted by Crippen LogP contribution is -2.28. The third kappa shape index (κ3) is 1.31. The fourth-order valence-corrected chi connectivity index (χ4v) is 5.47. The summed E-state index contributed by atoms with van der Waals surface area (Å²) in [5.74, 6) is 0.473. The van der Waals surface area contributed by atoms with Gasteiger partial charge in [0.05, 0.1) is 8.07 Å². The monoisotopic (exact) mass is 208 g/mol. The van der Waals surface area contributed by atoms with Gasteiger partial charge >= 0.3 is 0 Å². The zero-order chi connectivity index (χ0) is 10.6. The van der Waals surface area contributed by atoms with Crippen LogP contribution < -0.4 is 0 Å². The molecule has 1 fully saturated rings. The van der Waals surface area contributed by atoms with Crippen LogP contribution in [0.1, 0.15) is 32.6 Å². The number of carbonyl (C=O) groups is 1. The van der Waals surface area contributed by atoms with E-state index in [4.69, 9.17) is 0 Å². The van der Waals surface area contributed by atoms with Crippen LogP contribution in [0.3, 0.4) is 0 Å². The zero-order valence-corrected chi connectivity index (χ0v) is 10.7. The van der Waals surface area contributed by atoms with Crippen molar-refractivity contribution in [3.05, 3.63) is 10.8 Å². The number of hydrogen-bond donors (Lipinski definition) is 0. The Labute approximate surface area is 87.6 Å². The lowest BCUT2D eigenvalue weighted by Gasteiger charge is -2.21. The molecule has 2 aliphatic rings. The van der Waals surface area contributed by atoms with Gasteiger partial charge in [-0.15, -0.1) is 0 Å². The molecule has 0 aromatic carbocycles. The molecule has 0 aromatic rings. The summed E-state index contributed by atoms with van der Waals surface area (Å²) >= 11 is 0. The molecular weight excluding hydrogens is 188 g/mol. The Balaban J connectivity index is 2.52. The van der Waals surface area contributed by atoms with Crippen molar-refractivity contribution in [3.8, 4) is 0 Å². The Bertz CT molecular complexity index is 322. The van der Waals surface area contributed by atoms with Gasteiger partial charge in [0.1, 0.15) is 0 Å². The Morgan fingerprint density at radius 3 is 2.50 bits per heavy atom. The molecule has 0 amide bonds. The van der Waals surface area contributed by atoms with Crippen molar-refractivity contribution in [1.29, 1.82) is 0 Å². The van der Waals surface area contributed by atoms with Gasteiger partial charge in [0, 0.05) is 6.42 Å². The summed E-state index contributed by atoms with van der Waals surface area (Å²) in [7, 11) is -1.39. The maximum atomic E-state index is 12.0. The number of rotatable bonds is 1. The van der Waals surface area contributed by atoms with E-state index in [0.717, 1.165) is 6.42 Å². The highest BCUT2D eigenvalue weighted by Gasteiger charge is 2.47. The van der Waals surface area contributed by atoms with Crippen molar-refractivity contribution in [2.75, 3.05) is 0 Å². The third-order valence-corrected chi connectivity index (χ3v) is 5.85. The lowest BCUT2D eigenvalue weighted by molar-refractivity contribution is -0.115. The molecule has 1 nitrogen and oxygen atoms in total. The van der Waals surface area contributed by atoms with Crippen molar-refractivity contribution in [1.82, 2.24) is 0 Å². The molecule has 0 spiro atoms. The number of hydrogen-bond acceptors (Lipinski definition) is 1. The number of ketones is 1. The number of fused-ring (bicyclic) bond motifs is 1. The normalized spacial score (nSPS) is 32.7. The van der Waals surface area contributed by atoms with Crippen molar-refractivity contribution in [2.24, 2.45) is 5.41 Å². The van der Waals surface area contributed by atoms with Gasteiger partial charge in [-0.05, 0) is 29.9 Å². The van der Waals surface area contributed by atoms with Crippen molar-refractivity contribution in [3.63, 3.8) is 0 Å². The molecule has 0 saturated heterocycles. The quantitative estimate of drug-likeness (QED) is 0.604. The molecule has 0 aliphatic heterocycles. The Hall–Kier alpha value is -0.373. The van der Waals surface area contributed by atoms with Gasteiger partial charge in [-0.1, -0.05) is 32.1 Å². The first-order valence-corrected chi connectivity index (χ1v) is 9.12. The Morgan fingerprint density at radius 1 is 1.29 bits per heavy atom. The maximum Gasteiger partial charge on any atom is 0.155 e. The Kier molecular flexibility index (Phi) is 2.04. The molecule has 2 rings (SSSR count). The smallest absolute Gasteiger partial charge is 0.155 e. The van der Waals surface area contributed by atoms with Crippen LogP contribution in [0.25, 0.3) is 0 Å². The zero-order valence-electron chi connectivity index (χ0n) is 9.74. The maximum absolute atomic E-state index is 12.0. The van der Waals surface area contributed by atoms with Gasteiger partial charge in [0.2, 0.25) is 0 Å². The summed E-state index contributed by atoms with van der Waals surface area (Å²) in [6.45, 7) is 9.20. The molecule has 2 aliphatic carbocycles. The average Bonchev–Trinajstić information content (AvgIpc) is 2.37. The van der Waals surface area contributed by atoms with Crippen molar-refractivity contribution in [2.45, 2.75) is 52.2 Å². The van der Waals surface area contributed by atoms with E-state index >= 15 is 0 Å². The summed E-state index contributed by atoms with van der Waals surface area (Å²) in [6, 6.07) is 0. The summed E-state index contributed by atoms with van der Waals surface area (Å²) in [4.78, 5) is 12.0. The first-order valence-electron chi connectivity index (χ1n) is 5.62. The molecule has 0 unspecified atom stereocenters. The SMILES string of the molecule is C[C@]12CCCC1=C([Si](C)(C)C)C(=O)C2. The van der Waals surface area contributed by atoms with Crippen LogP contribution in [0.15, 0.2) is 10.8 Å². The molecule has 0 heterocycles. The van der Waals surface area contributed by atoms with Crippen molar-refractivity contribution < 1.29 is 4.79 Å². The largest absolute Gasteiger partial charge is 0.295 e. The van der Waals surface area contributed by atoms with Crippen LogP contribution in [-0.4, -0.2) is 13.9 Å². The highest BCUT2D eigenvalue weighted by molar-refractivity contribution is 6.87. The molecule has 14 heavy (non-hydrogen) atoms. The first-order chi connectivity index (χ1) is 6.34. The van der Waals surface area contributed by atoms with Gasteiger partial charge in [0.15, 0.2) is 5.78 Å². The molecule has 1 saturated carbocycles. The van der Waals surface area contributed by atoms with E-state index in [-0.39, 0.29) is 5.41 Å². The minimum absolute atomic E-state index is 0.271. The van der Waals surface area contributed by atoms with E-state index in [1.807, 2.05) is 0 Å². The molecule has 1 atom stereocenters. The molecule has 0 radical (unpaired) electrons.